The van der Waals surface area contributed by atoms with Crippen LogP contribution in [0.25, 0.3) is 5.57 Å². The summed E-state index contributed by atoms with van der Waals surface area (Å²) in [6.07, 6.45) is 0.821. The molecule has 0 spiro atoms. The summed E-state index contributed by atoms with van der Waals surface area (Å²) in [6.45, 7) is 16.4. The molecule has 0 radical (unpaired) electrons. The number of hydrogen-bond acceptors (Lipinski definition) is 3. The van der Waals surface area contributed by atoms with Gasteiger partial charge >= 0.3 is 0 Å². The number of hydrogen-bond donors (Lipinski definition) is 0. The first-order chi connectivity index (χ1) is 13.1. The first kappa shape index (κ1) is 22.2. The van der Waals surface area contributed by atoms with E-state index in [1.165, 1.54) is 5.56 Å². The third kappa shape index (κ3) is 5.06. The van der Waals surface area contributed by atoms with Gasteiger partial charge in [0.25, 0.3) is 0 Å². The van der Waals surface area contributed by atoms with Crippen molar-refractivity contribution >= 4 is 13.9 Å². The monoisotopic (exact) mass is 398 g/mol. The molecule has 0 N–H and O–H groups in total. The van der Waals surface area contributed by atoms with Gasteiger partial charge in [-0.25, -0.2) is 0 Å². The van der Waals surface area contributed by atoms with Crippen molar-refractivity contribution in [2.45, 2.75) is 45.3 Å². The van der Waals surface area contributed by atoms with E-state index in [1.807, 2.05) is 36.4 Å². The summed E-state index contributed by atoms with van der Waals surface area (Å²) in [5, 5.41) is 0.203. The van der Waals surface area contributed by atoms with Gasteiger partial charge in [0.1, 0.15) is 11.5 Å². The van der Waals surface area contributed by atoms with Crippen molar-refractivity contribution in [2.24, 2.45) is 0 Å². The molecular weight excluding hydrogens is 364 g/mol. The van der Waals surface area contributed by atoms with Gasteiger partial charge in [0.15, 0.2) is 8.32 Å². The van der Waals surface area contributed by atoms with Gasteiger partial charge in [0, 0.05) is 12.2 Å². The minimum absolute atomic E-state index is 0.203. The van der Waals surface area contributed by atoms with Gasteiger partial charge in [-0.15, -0.1) is 0 Å². The molecule has 2 rings (SSSR count). The molecule has 2 aromatic rings. The van der Waals surface area contributed by atoms with Gasteiger partial charge in [-0.2, -0.15) is 0 Å². The molecule has 3 nitrogen and oxygen atoms in total. The molecule has 4 heteroatoms. The quantitative estimate of drug-likeness (QED) is 0.486. The second-order valence-corrected chi connectivity index (χ2v) is 13.4. The van der Waals surface area contributed by atoms with Crippen molar-refractivity contribution in [1.29, 1.82) is 0 Å². The Morgan fingerprint density at radius 1 is 1.00 bits per heavy atom. The van der Waals surface area contributed by atoms with Crippen LogP contribution in [0, 0.1) is 0 Å². The summed E-state index contributed by atoms with van der Waals surface area (Å²) in [4.78, 5) is 0. The lowest BCUT2D eigenvalue weighted by Gasteiger charge is -2.36. The van der Waals surface area contributed by atoms with E-state index in [-0.39, 0.29) is 5.04 Å². The van der Waals surface area contributed by atoms with Crippen molar-refractivity contribution in [3.8, 4) is 11.5 Å². The Labute approximate surface area is 171 Å². The topological polar surface area (TPSA) is 27.7 Å². The highest BCUT2D eigenvalue weighted by atomic mass is 28.4. The molecular formula is C24H34O3Si. The van der Waals surface area contributed by atoms with Crippen LogP contribution in [0.4, 0.5) is 0 Å². The fourth-order valence-electron chi connectivity index (χ4n) is 2.89. The van der Waals surface area contributed by atoms with Crippen LogP contribution in [0.3, 0.4) is 0 Å². The van der Waals surface area contributed by atoms with Gasteiger partial charge in [0.05, 0.1) is 14.2 Å². The van der Waals surface area contributed by atoms with E-state index < -0.39 is 8.32 Å². The van der Waals surface area contributed by atoms with Crippen LogP contribution < -0.4 is 9.47 Å². The number of ether oxygens (including phenoxy) is 2. The molecule has 0 aliphatic rings. The largest absolute Gasteiger partial charge is 0.497 e. The van der Waals surface area contributed by atoms with E-state index in [9.17, 15) is 0 Å². The standard InChI is InChI=1S/C24H34O3Si/c1-18(20-12-9-13-21(17-20)25-5)23-19(11-10-14-22(23)26-6)15-16-27-28(7,8)24(2,3)4/h9-14,17H,1,15-16H2,2-8H3. The first-order valence-corrected chi connectivity index (χ1v) is 12.6. The Hall–Kier alpha value is -2.04. The average Bonchev–Trinajstić information content (AvgIpc) is 2.66. The van der Waals surface area contributed by atoms with Crippen molar-refractivity contribution in [3.63, 3.8) is 0 Å². The van der Waals surface area contributed by atoms with E-state index in [2.05, 4.69) is 46.5 Å². The maximum atomic E-state index is 6.40. The minimum Gasteiger partial charge on any atom is -0.497 e. The average molecular weight is 399 g/mol. The molecule has 0 amide bonds. The lowest BCUT2D eigenvalue weighted by molar-refractivity contribution is 0.291. The zero-order valence-electron chi connectivity index (χ0n) is 18.4. The van der Waals surface area contributed by atoms with Gasteiger partial charge in [-0.05, 0) is 59.5 Å². The molecule has 0 aliphatic heterocycles. The summed E-state index contributed by atoms with van der Waals surface area (Å²) >= 11 is 0. The first-order valence-electron chi connectivity index (χ1n) is 9.74. The highest BCUT2D eigenvalue weighted by molar-refractivity contribution is 6.74. The van der Waals surface area contributed by atoms with Crippen LogP contribution in [0.5, 0.6) is 11.5 Å². The van der Waals surface area contributed by atoms with E-state index in [1.54, 1.807) is 14.2 Å². The minimum atomic E-state index is -1.77. The van der Waals surface area contributed by atoms with Crippen LogP contribution in [0.1, 0.15) is 37.5 Å². The molecule has 152 valence electrons. The molecule has 0 fully saturated rings. The van der Waals surface area contributed by atoms with Gasteiger partial charge in [-0.3, -0.25) is 0 Å². The van der Waals surface area contributed by atoms with E-state index in [4.69, 9.17) is 13.9 Å². The normalized spacial score (nSPS) is 12.0. The van der Waals surface area contributed by atoms with Crippen LogP contribution in [-0.4, -0.2) is 29.1 Å². The molecule has 0 aliphatic carbocycles. The highest BCUT2D eigenvalue weighted by Crippen LogP contribution is 2.37. The summed E-state index contributed by atoms with van der Waals surface area (Å²) < 4.78 is 17.4. The Balaban J connectivity index is 2.30. The molecule has 0 unspecified atom stereocenters. The molecule has 28 heavy (non-hydrogen) atoms. The third-order valence-corrected chi connectivity index (χ3v) is 10.2. The second-order valence-electron chi connectivity index (χ2n) is 8.56. The predicted octanol–water partition coefficient (Wildman–Crippen LogP) is 6.33. The highest BCUT2D eigenvalue weighted by Gasteiger charge is 2.36. The SMILES string of the molecule is C=C(c1cccc(OC)c1)c1c(CCO[Si](C)(C)C(C)(C)C)cccc1OC. The van der Waals surface area contributed by atoms with Crippen molar-refractivity contribution in [1.82, 2.24) is 0 Å². The van der Waals surface area contributed by atoms with Crippen LogP contribution in [0.15, 0.2) is 49.0 Å². The molecule has 0 aromatic heterocycles. The molecule has 0 saturated heterocycles. The Morgan fingerprint density at radius 3 is 2.29 bits per heavy atom. The van der Waals surface area contributed by atoms with Crippen molar-refractivity contribution in [2.75, 3.05) is 20.8 Å². The van der Waals surface area contributed by atoms with Crippen molar-refractivity contribution in [3.05, 3.63) is 65.7 Å². The Morgan fingerprint density at radius 2 is 1.68 bits per heavy atom. The number of rotatable bonds is 8. The van der Waals surface area contributed by atoms with E-state index >= 15 is 0 Å². The Bertz CT molecular complexity index is 819. The third-order valence-electron chi connectivity index (χ3n) is 5.69. The van der Waals surface area contributed by atoms with Crippen LogP contribution in [-0.2, 0) is 10.8 Å². The zero-order valence-corrected chi connectivity index (χ0v) is 19.4. The maximum Gasteiger partial charge on any atom is 0.191 e. The summed E-state index contributed by atoms with van der Waals surface area (Å²) in [7, 11) is 1.61. The van der Waals surface area contributed by atoms with Gasteiger partial charge in [0.2, 0.25) is 0 Å². The summed E-state index contributed by atoms with van der Waals surface area (Å²) in [5.41, 5.74) is 4.18. The zero-order chi connectivity index (χ0) is 20.9. The second kappa shape index (κ2) is 8.97. The smallest absolute Gasteiger partial charge is 0.191 e. The molecule has 0 atom stereocenters. The number of benzene rings is 2. The summed E-state index contributed by atoms with van der Waals surface area (Å²) in [5.74, 6) is 1.65. The molecule has 0 bridgehead atoms. The molecule has 0 saturated carbocycles. The fourth-order valence-corrected chi connectivity index (χ4v) is 3.93. The van der Waals surface area contributed by atoms with Crippen molar-refractivity contribution < 1.29 is 13.9 Å². The lowest BCUT2D eigenvalue weighted by Crippen LogP contribution is -2.41. The van der Waals surface area contributed by atoms with Crippen LogP contribution >= 0.6 is 0 Å². The van der Waals surface area contributed by atoms with Gasteiger partial charge < -0.3 is 13.9 Å². The lowest BCUT2D eigenvalue weighted by atomic mass is 9.93. The van der Waals surface area contributed by atoms with Crippen LogP contribution in [0.2, 0.25) is 18.1 Å². The predicted molar refractivity (Wildman–Crippen MR) is 121 cm³/mol. The maximum absolute atomic E-state index is 6.40. The molecule has 0 heterocycles. The van der Waals surface area contributed by atoms with Gasteiger partial charge in [-0.1, -0.05) is 51.6 Å². The van der Waals surface area contributed by atoms with E-state index in [0.29, 0.717) is 6.61 Å². The fraction of sp³-hybridized carbons (Fsp3) is 0.417. The Kier molecular flexibility index (Phi) is 7.13. The number of methoxy groups -OCH3 is 2. The van der Waals surface area contributed by atoms with E-state index in [0.717, 1.165) is 34.6 Å². The molecule has 2 aromatic carbocycles. The summed E-state index contributed by atoms with van der Waals surface area (Å²) in [6, 6.07) is 14.1.